The monoisotopic (exact) mass is 475 g/mol. The van der Waals surface area contributed by atoms with Crippen LogP contribution in [0.3, 0.4) is 0 Å². The van der Waals surface area contributed by atoms with E-state index in [9.17, 15) is 14.4 Å². The van der Waals surface area contributed by atoms with E-state index in [1.165, 1.54) is 0 Å². The Hall–Kier alpha value is -3.52. The van der Waals surface area contributed by atoms with Crippen molar-refractivity contribution in [1.29, 1.82) is 0 Å². The molecule has 0 saturated carbocycles. The van der Waals surface area contributed by atoms with E-state index in [-0.39, 0.29) is 12.3 Å². The van der Waals surface area contributed by atoms with Crippen LogP contribution in [-0.4, -0.2) is 46.6 Å². The van der Waals surface area contributed by atoms with Gasteiger partial charge >= 0.3 is 6.03 Å². The van der Waals surface area contributed by atoms with E-state index in [1.54, 1.807) is 23.9 Å². The highest BCUT2D eigenvalue weighted by Crippen LogP contribution is 2.41. The van der Waals surface area contributed by atoms with E-state index in [0.29, 0.717) is 29.9 Å². The molecule has 2 aromatic carbocycles. The van der Waals surface area contributed by atoms with Crippen LogP contribution in [0.1, 0.15) is 33.7 Å². The van der Waals surface area contributed by atoms with Crippen molar-refractivity contribution in [2.24, 2.45) is 0 Å². The Labute approximate surface area is 202 Å². The number of thioether (sulfide) groups is 1. The molecule has 7 nitrogen and oxygen atoms in total. The van der Waals surface area contributed by atoms with Gasteiger partial charge in [0.15, 0.2) is 11.3 Å². The van der Waals surface area contributed by atoms with Gasteiger partial charge < -0.3 is 14.6 Å². The molecule has 0 unspecified atom stereocenters. The highest BCUT2D eigenvalue weighted by molar-refractivity contribution is 7.98. The van der Waals surface area contributed by atoms with Crippen molar-refractivity contribution >= 4 is 29.5 Å². The minimum Gasteiger partial charge on any atom is -0.493 e. The summed E-state index contributed by atoms with van der Waals surface area (Å²) in [5.74, 6) is -0.115. The van der Waals surface area contributed by atoms with E-state index < -0.39 is 17.5 Å². The molecule has 1 spiro atoms. The molecule has 3 aromatic rings. The average Bonchev–Trinajstić information content (AvgIpc) is 3.27. The molecule has 0 bridgehead atoms. The smallest absolute Gasteiger partial charge is 0.325 e. The van der Waals surface area contributed by atoms with Crippen LogP contribution < -0.4 is 10.1 Å². The standard InChI is InChI=1S/C26H25N3O4S/c1-16-13-20(17(2)29(16)18-7-6-8-19(14-18)34-3)22(30)15-28-24(31)26(27-25(28)32)11-12-33-23-10-5-4-9-21(23)26/h4-10,13-14H,11-12,15H2,1-3H3,(H,27,32)/t26-/m1/s1. The quantitative estimate of drug-likeness (QED) is 0.339. The summed E-state index contributed by atoms with van der Waals surface area (Å²) >= 11 is 1.65. The third kappa shape index (κ3) is 3.40. The maximum atomic E-state index is 13.5. The Kier molecular flexibility index (Phi) is 5.48. The van der Waals surface area contributed by atoms with Crippen molar-refractivity contribution < 1.29 is 19.1 Å². The molecule has 2 aliphatic heterocycles. The highest BCUT2D eigenvalue weighted by atomic mass is 32.2. The van der Waals surface area contributed by atoms with Crippen LogP contribution in [0.25, 0.3) is 5.69 Å². The lowest BCUT2D eigenvalue weighted by Gasteiger charge is -2.33. The Bertz CT molecular complexity index is 1330. The van der Waals surface area contributed by atoms with Crippen LogP contribution in [0.5, 0.6) is 5.75 Å². The zero-order valence-corrected chi connectivity index (χ0v) is 20.1. The van der Waals surface area contributed by atoms with Crippen LogP contribution in [0.15, 0.2) is 59.5 Å². The first-order chi connectivity index (χ1) is 16.4. The predicted octanol–water partition coefficient (Wildman–Crippen LogP) is 4.23. The Balaban J connectivity index is 1.44. The Morgan fingerprint density at radius 1 is 1.12 bits per heavy atom. The number of carbonyl (C=O) groups is 3. The largest absolute Gasteiger partial charge is 0.493 e. The second-order valence-electron chi connectivity index (χ2n) is 8.57. The summed E-state index contributed by atoms with van der Waals surface area (Å²) in [4.78, 5) is 41.9. The minimum atomic E-state index is -1.19. The number of carbonyl (C=O) groups excluding carboxylic acids is 3. The summed E-state index contributed by atoms with van der Waals surface area (Å²) < 4.78 is 7.70. The number of nitrogens with zero attached hydrogens (tertiary/aromatic N) is 2. The molecule has 1 aromatic heterocycles. The van der Waals surface area contributed by atoms with E-state index in [0.717, 1.165) is 26.9 Å². The first-order valence-corrected chi connectivity index (χ1v) is 12.3. The molecule has 1 atom stereocenters. The third-order valence-corrected chi connectivity index (χ3v) is 7.33. The van der Waals surface area contributed by atoms with Crippen LogP contribution in [0.4, 0.5) is 4.79 Å². The maximum Gasteiger partial charge on any atom is 0.325 e. The molecule has 174 valence electrons. The lowest BCUT2D eigenvalue weighted by Crippen LogP contribution is -2.47. The number of Topliss-reactive ketones (excluding diaryl/α,β-unsaturated/α-hetero) is 1. The fraction of sp³-hybridized carbons (Fsp3) is 0.269. The summed E-state index contributed by atoms with van der Waals surface area (Å²) in [5.41, 5.74) is 2.59. The van der Waals surface area contributed by atoms with E-state index in [2.05, 4.69) is 11.4 Å². The first-order valence-electron chi connectivity index (χ1n) is 11.1. The number of nitrogens with one attached hydrogen (secondary N) is 1. The number of aryl methyl sites for hydroxylation is 1. The van der Waals surface area contributed by atoms with Crippen molar-refractivity contribution in [3.05, 3.63) is 77.1 Å². The fourth-order valence-electron chi connectivity index (χ4n) is 4.94. The molecule has 2 aliphatic rings. The molecule has 5 rings (SSSR count). The molecule has 3 amide bonds. The van der Waals surface area contributed by atoms with Gasteiger partial charge in [0, 0.05) is 39.5 Å². The third-order valence-electron chi connectivity index (χ3n) is 6.60. The summed E-state index contributed by atoms with van der Waals surface area (Å²) in [6, 6.07) is 16.6. The summed E-state index contributed by atoms with van der Waals surface area (Å²) in [5, 5.41) is 2.85. The van der Waals surface area contributed by atoms with E-state index in [4.69, 9.17) is 4.74 Å². The summed E-state index contributed by atoms with van der Waals surface area (Å²) in [7, 11) is 0. The maximum absolute atomic E-state index is 13.5. The molecule has 1 N–H and O–H groups in total. The van der Waals surface area contributed by atoms with Gasteiger partial charge in [-0.3, -0.25) is 14.5 Å². The number of hydrogen-bond acceptors (Lipinski definition) is 5. The number of rotatable bonds is 5. The SMILES string of the molecule is CSc1cccc(-n2c(C)cc(C(=O)CN3C(=O)N[C@@]4(CCOc5ccccc54)C3=O)c2C)c1. The van der Waals surface area contributed by atoms with Gasteiger partial charge in [-0.1, -0.05) is 24.3 Å². The van der Waals surface area contributed by atoms with Gasteiger partial charge in [-0.2, -0.15) is 0 Å². The number of ketones is 1. The number of benzene rings is 2. The molecule has 1 saturated heterocycles. The van der Waals surface area contributed by atoms with Gasteiger partial charge in [0.05, 0.1) is 13.2 Å². The normalized spacial score (nSPS) is 19.2. The number of ether oxygens (including phenoxy) is 1. The number of imide groups is 1. The predicted molar refractivity (Wildman–Crippen MR) is 130 cm³/mol. The molecular formula is C26H25N3O4S. The average molecular weight is 476 g/mol. The van der Waals surface area contributed by atoms with Gasteiger partial charge in [0.1, 0.15) is 5.75 Å². The molecular weight excluding hydrogens is 450 g/mol. The van der Waals surface area contributed by atoms with Crippen molar-refractivity contribution in [3.8, 4) is 11.4 Å². The van der Waals surface area contributed by atoms with Gasteiger partial charge in [-0.25, -0.2) is 4.79 Å². The van der Waals surface area contributed by atoms with Crippen LogP contribution in [-0.2, 0) is 10.3 Å². The zero-order valence-electron chi connectivity index (χ0n) is 19.3. The lowest BCUT2D eigenvalue weighted by molar-refractivity contribution is -0.132. The van der Waals surface area contributed by atoms with Crippen LogP contribution >= 0.6 is 11.8 Å². The number of fused-ring (bicyclic) bond motifs is 2. The molecule has 1 fully saturated rings. The van der Waals surface area contributed by atoms with Crippen molar-refractivity contribution in [2.45, 2.75) is 30.7 Å². The summed E-state index contributed by atoms with van der Waals surface area (Å²) in [6.45, 7) is 3.82. The van der Waals surface area contributed by atoms with E-state index in [1.807, 2.05) is 61.1 Å². The topological polar surface area (TPSA) is 80.6 Å². The number of urea groups is 1. The van der Waals surface area contributed by atoms with Gasteiger partial charge in [0.25, 0.3) is 5.91 Å². The molecule has 0 radical (unpaired) electrons. The molecule has 8 heteroatoms. The van der Waals surface area contributed by atoms with E-state index >= 15 is 0 Å². The second kappa shape index (κ2) is 8.36. The Morgan fingerprint density at radius 3 is 2.71 bits per heavy atom. The van der Waals surface area contributed by atoms with Gasteiger partial charge in [-0.05, 0) is 50.4 Å². The van der Waals surface area contributed by atoms with Gasteiger partial charge in [0.2, 0.25) is 0 Å². The van der Waals surface area contributed by atoms with Crippen molar-refractivity contribution in [3.63, 3.8) is 0 Å². The van der Waals surface area contributed by atoms with Crippen LogP contribution in [0, 0.1) is 13.8 Å². The fourth-order valence-corrected chi connectivity index (χ4v) is 5.39. The minimum absolute atomic E-state index is 0.277. The summed E-state index contributed by atoms with van der Waals surface area (Å²) in [6.07, 6.45) is 2.34. The number of aromatic nitrogens is 1. The first kappa shape index (κ1) is 22.3. The lowest BCUT2D eigenvalue weighted by atomic mass is 9.84. The number of para-hydroxylation sites is 1. The highest BCUT2D eigenvalue weighted by Gasteiger charge is 2.55. The molecule has 0 aliphatic carbocycles. The molecule has 3 heterocycles. The number of amides is 3. The second-order valence-corrected chi connectivity index (χ2v) is 9.45. The molecule has 34 heavy (non-hydrogen) atoms. The van der Waals surface area contributed by atoms with Crippen LogP contribution in [0.2, 0.25) is 0 Å². The van der Waals surface area contributed by atoms with Crippen molar-refractivity contribution in [2.75, 3.05) is 19.4 Å². The zero-order chi connectivity index (χ0) is 24.0. The van der Waals surface area contributed by atoms with Crippen molar-refractivity contribution in [1.82, 2.24) is 14.8 Å². The number of hydrogen-bond donors (Lipinski definition) is 1. The van der Waals surface area contributed by atoms with Gasteiger partial charge in [-0.15, -0.1) is 11.8 Å². The Morgan fingerprint density at radius 2 is 1.91 bits per heavy atom.